The molecule has 1 aromatic rings. The second kappa shape index (κ2) is 7.87. The number of halogens is 2. The van der Waals surface area contributed by atoms with Gasteiger partial charge in [0.15, 0.2) is 0 Å². The summed E-state index contributed by atoms with van der Waals surface area (Å²) in [7, 11) is -2.73. The van der Waals surface area contributed by atoms with E-state index < -0.39 is 20.7 Å². The highest BCUT2D eigenvalue weighted by atomic mass is 35.5. The zero-order valence-electron chi connectivity index (χ0n) is 12.2. The van der Waals surface area contributed by atoms with Crippen LogP contribution in [0, 0.1) is 5.82 Å². The lowest BCUT2D eigenvalue weighted by Crippen LogP contribution is -2.49. The first-order valence-corrected chi connectivity index (χ1v) is 8.06. The number of hydrogen-bond acceptors (Lipinski definition) is 4. The van der Waals surface area contributed by atoms with E-state index in [0.717, 1.165) is 10.4 Å². The summed E-state index contributed by atoms with van der Waals surface area (Å²) in [5.74, 6) is -1.10. The van der Waals surface area contributed by atoms with Crippen LogP contribution in [0.1, 0.15) is 0 Å². The quantitative estimate of drug-likeness (QED) is 0.847. The van der Waals surface area contributed by atoms with Crippen LogP contribution in [0.15, 0.2) is 29.2 Å². The fourth-order valence-corrected chi connectivity index (χ4v) is 3.29. The number of nitrogens with zero attached hydrogens (tertiary/aromatic N) is 2. The van der Waals surface area contributed by atoms with E-state index in [1.54, 1.807) is 4.90 Å². The average Bonchev–Trinajstić information content (AvgIpc) is 2.48. The summed E-state index contributed by atoms with van der Waals surface area (Å²) in [6.45, 7) is 2.18. The van der Waals surface area contributed by atoms with Gasteiger partial charge in [0.2, 0.25) is 15.9 Å². The maximum Gasteiger partial charge on any atom is 0.246 e. The summed E-state index contributed by atoms with van der Waals surface area (Å²) < 4.78 is 39.1. The van der Waals surface area contributed by atoms with Gasteiger partial charge in [-0.2, -0.15) is 4.31 Å². The lowest BCUT2D eigenvalue weighted by molar-refractivity contribution is -0.131. The molecule has 1 aromatic carbocycles. The molecule has 6 nitrogen and oxygen atoms in total. The van der Waals surface area contributed by atoms with Gasteiger partial charge in [-0.1, -0.05) is 12.1 Å². The summed E-state index contributed by atoms with van der Waals surface area (Å²) in [6, 6.07) is 5.14. The molecule has 1 saturated heterocycles. The van der Waals surface area contributed by atoms with E-state index in [2.05, 4.69) is 5.32 Å². The van der Waals surface area contributed by atoms with Crippen LogP contribution in [0.2, 0.25) is 0 Å². The molecule has 1 fully saturated rings. The molecule has 0 atom stereocenters. The molecule has 1 aliphatic rings. The van der Waals surface area contributed by atoms with Crippen molar-refractivity contribution in [3.05, 3.63) is 30.1 Å². The van der Waals surface area contributed by atoms with E-state index >= 15 is 0 Å². The second-order valence-corrected chi connectivity index (χ2v) is 6.84. The van der Waals surface area contributed by atoms with Gasteiger partial charge in [-0.05, 0) is 12.1 Å². The first kappa shape index (κ1) is 18.8. The number of rotatable bonds is 4. The molecule has 22 heavy (non-hydrogen) atoms. The predicted molar refractivity (Wildman–Crippen MR) is 82.9 cm³/mol. The molecule has 0 spiro atoms. The maximum atomic E-state index is 13.6. The Morgan fingerprint density at radius 1 is 1.32 bits per heavy atom. The van der Waals surface area contributed by atoms with Gasteiger partial charge >= 0.3 is 0 Å². The number of amides is 1. The molecule has 0 bridgehead atoms. The Balaban J connectivity index is 0.00000242. The van der Waals surface area contributed by atoms with E-state index in [-0.39, 0.29) is 24.9 Å². The van der Waals surface area contributed by atoms with Gasteiger partial charge in [0.25, 0.3) is 0 Å². The van der Waals surface area contributed by atoms with Crippen molar-refractivity contribution >= 4 is 28.3 Å². The Labute approximate surface area is 135 Å². The van der Waals surface area contributed by atoms with E-state index in [1.807, 2.05) is 0 Å². The van der Waals surface area contributed by atoms with Crippen molar-refractivity contribution in [2.24, 2.45) is 0 Å². The summed E-state index contributed by atoms with van der Waals surface area (Å²) in [5, 5.41) is 3.11. The Hall–Kier alpha value is -1.22. The molecule has 124 valence electrons. The molecule has 9 heteroatoms. The van der Waals surface area contributed by atoms with Crippen LogP contribution in [-0.2, 0) is 14.8 Å². The zero-order chi connectivity index (χ0) is 15.5. The van der Waals surface area contributed by atoms with Crippen molar-refractivity contribution in [3.8, 4) is 0 Å². The highest BCUT2D eigenvalue weighted by molar-refractivity contribution is 7.89. The Morgan fingerprint density at radius 2 is 1.91 bits per heavy atom. The van der Waals surface area contributed by atoms with Crippen LogP contribution in [0.3, 0.4) is 0 Å². The SMILES string of the molecule is CN(CC(=O)N1CCNCC1)S(=O)(=O)c1ccccc1F.Cl. The largest absolute Gasteiger partial charge is 0.339 e. The van der Waals surface area contributed by atoms with E-state index in [0.29, 0.717) is 26.2 Å². The van der Waals surface area contributed by atoms with E-state index in [9.17, 15) is 17.6 Å². The minimum Gasteiger partial charge on any atom is -0.339 e. The second-order valence-electron chi connectivity index (χ2n) is 4.82. The van der Waals surface area contributed by atoms with Crippen LogP contribution < -0.4 is 5.32 Å². The van der Waals surface area contributed by atoms with Crippen molar-refractivity contribution < 1.29 is 17.6 Å². The molecule has 0 aliphatic carbocycles. The van der Waals surface area contributed by atoms with Gasteiger partial charge in [0.1, 0.15) is 10.7 Å². The van der Waals surface area contributed by atoms with Crippen LogP contribution >= 0.6 is 12.4 Å². The standard InChI is InChI=1S/C13H18FN3O3S.ClH/c1-16(10-13(18)17-8-6-15-7-9-17)21(19,20)12-5-3-2-4-11(12)14;/h2-5,15H,6-10H2,1H3;1H. The van der Waals surface area contributed by atoms with Gasteiger partial charge in [0.05, 0.1) is 6.54 Å². The molecule has 1 N–H and O–H groups in total. The van der Waals surface area contributed by atoms with Crippen molar-refractivity contribution in [1.82, 2.24) is 14.5 Å². The molecule has 0 radical (unpaired) electrons. The summed E-state index contributed by atoms with van der Waals surface area (Å²) in [6.07, 6.45) is 0. The zero-order valence-corrected chi connectivity index (χ0v) is 13.8. The first-order chi connectivity index (χ1) is 9.93. The third-order valence-electron chi connectivity index (χ3n) is 3.35. The number of likely N-dealkylation sites (N-methyl/N-ethyl adjacent to an activating group) is 1. The van der Waals surface area contributed by atoms with Gasteiger partial charge in [-0.15, -0.1) is 12.4 Å². The van der Waals surface area contributed by atoms with Crippen LogP contribution in [0.25, 0.3) is 0 Å². The number of hydrogen-bond donors (Lipinski definition) is 1. The van der Waals surface area contributed by atoms with Crippen molar-refractivity contribution in [1.29, 1.82) is 0 Å². The van der Waals surface area contributed by atoms with Gasteiger partial charge < -0.3 is 10.2 Å². The van der Waals surface area contributed by atoms with Crippen LogP contribution in [-0.4, -0.2) is 63.3 Å². The Morgan fingerprint density at radius 3 is 2.50 bits per heavy atom. The van der Waals surface area contributed by atoms with Crippen molar-refractivity contribution in [2.45, 2.75) is 4.90 Å². The smallest absolute Gasteiger partial charge is 0.246 e. The topological polar surface area (TPSA) is 69.7 Å². The Kier molecular flexibility index (Phi) is 6.73. The monoisotopic (exact) mass is 351 g/mol. The van der Waals surface area contributed by atoms with Crippen molar-refractivity contribution in [2.75, 3.05) is 39.8 Å². The third kappa shape index (κ3) is 4.16. The minimum atomic E-state index is -4.01. The lowest BCUT2D eigenvalue weighted by Gasteiger charge is -2.29. The summed E-state index contributed by atoms with van der Waals surface area (Å²) in [5.41, 5.74) is 0. The molecule has 1 amide bonds. The number of carbonyl (C=O) groups is 1. The molecule has 0 aromatic heterocycles. The number of nitrogens with one attached hydrogen (secondary N) is 1. The molecule has 1 aliphatic heterocycles. The number of carbonyl (C=O) groups excluding carboxylic acids is 1. The third-order valence-corrected chi connectivity index (χ3v) is 5.19. The summed E-state index contributed by atoms with van der Waals surface area (Å²) >= 11 is 0. The molecule has 0 saturated carbocycles. The fourth-order valence-electron chi connectivity index (χ4n) is 2.11. The molecule has 0 unspecified atom stereocenters. The van der Waals surface area contributed by atoms with E-state index in [4.69, 9.17) is 0 Å². The first-order valence-electron chi connectivity index (χ1n) is 6.62. The van der Waals surface area contributed by atoms with E-state index in [1.165, 1.54) is 25.2 Å². The minimum absolute atomic E-state index is 0. The molecular formula is C13H19ClFN3O3S. The normalized spacial score (nSPS) is 15.5. The maximum absolute atomic E-state index is 13.6. The van der Waals surface area contributed by atoms with Gasteiger partial charge in [-0.3, -0.25) is 4.79 Å². The predicted octanol–water partition coefficient (Wildman–Crippen LogP) is 0.300. The fraction of sp³-hybridized carbons (Fsp3) is 0.462. The lowest BCUT2D eigenvalue weighted by atomic mass is 10.3. The molecular weight excluding hydrogens is 333 g/mol. The van der Waals surface area contributed by atoms with Gasteiger partial charge in [0, 0.05) is 33.2 Å². The van der Waals surface area contributed by atoms with Crippen LogP contribution in [0.4, 0.5) is 4.39 Å². The number of piperazine rings is 1. The molecule has 2 rings (SSSR count). The summed E-state index contributed by atoms with van der Waals surface area (Å²) in [4.78, 5) is 13.3. The molecule has 1 heterocycles. The van der Waals surface area contributed by atoms with Crippen molar-refractivity contribution in [3.63, 3.8) is 0 Å². The highest BCUT2D eigenvalue weighted by Gasteiger charge is 2.27. The number of benzene rings is 1. The average molecular weight is 352 g/mol. The Bertz CT molecular complexity index is 621. The number of sulfonamides is 1. The van der Waals surface area contributed by atoms with Gasteiger partial charge in [-0.25, -0.2) is 12.8 Å². The highest BCUT2D eigenvalue weighted by Crippen LogP contribution is 2.17. The van der Waals surface area contributed by atoms with Crippen LogP contribution in [0.5, 0.6) is 0 Å².